The molecule has 1 amide bonds. The summed E-state index contributed by atoms with van der Waals surface area (Å²) in [7, 11) is 0. The molecule has 144 valence electrons. The molecule has 27 heavy (non-hydrogen) atoms. The van der Waals surface area contributed by atoms with Gasteiger partial charge in [-0.25, -0.2) is 9.07 Å². The quantitative estimate of drug-likeness (QED) is 0.636. The molecule has 1 aliphatic heterocycles. The molecule has 0 saturated carbocycles. The monoisotopic (exact) mass is 384 g/mol. The lowest BCUT2D eigenvalue weighted by Gasteiger charge is -2.35. The number of benzene rings is 1. The summed E-state index contributed by atoms with van der Waals surface area (Å²) >= 11 is 0. The first-order valence-electron chi connectivity index (χ1n) is 8.02. The minimum absolute atomic E-state index is 0.0889. The van der Waals surface area contributed by atoms with Gasteiger partial charge in [0.1, 0.15) is 11.6 Å². The first-order chi connectivity index (χ1) is 12.8. The van der Waals surface area contributed by atoms with Crippen LogP contribution in [0.15, 0.2) is 43.1 Å². The molecule has 1 atom stereocenters. The Morgan fingerprint density at radius 2 is 2.15 bits per heavy atom. The van der Waals surface area contributed by atoms with Crippen LogP contribution in [-0.4, -0.2) is 35.1 Å². The highest BCUT2D eigenvalue weighted by Gasteiger charge is 2.32. The smallest absolute Gasteiger partial charge is 0.406 e. The summed E-state index contributed by atoms with van der Waals surface area (Å²) in [5.74, 6) is -1.31. The van der Waals surface area contributed by atoms with Crippen LogP contribution in [0, 0.1) is 11.7 Å². The van der Waals surface area contributed by atoms with Crippen molar-refractivity contribution in [3.05, 3.63) is 48.9 Å². The second-order valence-corrected chi connectivity index (χ2v) is 5.96. The molecule has 10 heteroatoms. The van der Waals surface area contributed by atoms with Crippen LogP contribution in [0.5, 0.6) is 5.75 Å². The van der Waals surface area contributed by atoms with Gasteiger partial charge in [-0.05, 0) is 18.2 Å². The third-order valence-electron chi connectivity index (χ3n) is 4.04. The van der Waals surface area contributed by atoms with Crippen molar-refractivity contribution >= 4 is 17.4 Å². The van der Waals surface area contributed by atoms with Crippen LogP contribution in [0.2, 0.25) is 0 Å². The van der Waals surface area contributed by atoms with Crippen LogP contribution in [0.1, 0.15) is 0 Å². The number of aromatic nitrogens is 2. The molecule has 0 bridgehead atoms. The lowest BCUT2D eigenvalue weighted by atomic mass is 10.1. The van der Waals surface area contributed by atoms with Crippen LogP contribution in [0.3, 0.4) is 0 Å². The maximum absolute atomic E-state index is 14.5. The summed E-state index contributed by atoms with van der Waals surface area (Å²) in [5, 5.41) is 6.85. The van der Waals surface area contributed by atoms with Gasteiger partial charge in [-0.2, -0.15) is 5.10 Å². The van der Waals surface area contributed by atoms with Gasteiger partial charge < -0.3 is 15.0 Å². The van der Waals surface area contributed by atoms with Crippen molar-refractivity contribution in [2.45, 2.75) is 12.9 Å². The molecule has 2 aromatic rings. The van der Waals surface area contributed by atoms with Gasteiger partial charge in [-0.1, -0.05) is 6.58 Å². The third-order valence-corrected chi connectivity index (χ3v) is 4.04. The molecule has 1 unspecified atom stereocenters. The van der Waals surface area contributed by atoms with Crippen LogP contribution in [0.25, 0.3) is 0 Å². The fourth-order valence-electron chi connectivity index (χ4n) is 2.92. The average molecular weight is 384 g/mol. The Morgan fingerprint density at radius 3 is 2.81 bits per heavy atom. The Morgan fingerprint density at radius 1 is 1.37 bits per heavy atom. The first-order valence-corrected chi connectivity index (χ1v) is 8.02. The fourth-order valence-corrected chi connectivity index (χ4v) is 2.92. The molecule has 3 rings (SSSR count). The minimum Gasteiger partial charge on any atom is -0.406 e. The summed E-state index contributed by atoms with van der Waals surface area (Å²) in [6.45, 7) is 4.55. The number of rotatable bonds is 5. The number of halogens is 4. The largest absolute Gasteiger partial charge is 0.573 e. The highest BCUT2D eigenvalue weighted by atomic mass is 19.4. The van der Waals surface area contributed by atoms with E-state index in [9.17, 15) is 22.4 Å². The molecule has 0 radical (unpaired) electrons. The minimum atomic E-state index is -4.90. The third kappa shape index (κ3) is 4.39. The van der Waals surface area contributed by atoms with Crippen molar-refractivity contribution < 1.29 is 27.1 Å². The zero-order valence-electron chi connectivity index (χ0n) is 14.0. The van der Waals surface area contributed by atoms with E-state index in [0.29, 0.717) is 31.5 Å². The van der Waals surface area contributed by atoms with E-state index in [-0.39, 0.29) is 17.5 Å². The van der Waals surface area contributed by atoms with E-state index in [1.54, 1.807) is 21.8 Å². The zero-order valence-corrected chi connectivity index (χ0v) is 14.0. The Hall–Kier alpha value is -3.04. The van der Waals surface area contributed by atoms with E-state index in [1.807, 2.05) is 0 Å². The molecule has 1 aromatic carbocycles. The Bertz CT molecular complexity index is 850. The highest BCUT2D eigenvalue weighted by Crippen LogP contribution is 2.35. The summed E-state index contributed by atoms with van der Waals surface area (Å²) in [5.41, 5.74) is 0.0889. The maximum atomic E-state index is 14.5. The fraction of sp³-hybridized carbons (Fsp3) is 0.294. The van der Waals surface area contributed by atoms with E-state index in [4.69, 9.17) is 0 Å². The lowest BCUT2D eigenvalue weighted by Crippen LogP contribution is -2.41. The van der Waals surface area contributed by atoms with Gasteiger partial charge in [-0.15, -0.1) is 13.2 Å². The SMILES string of the molecule is C=CC(=O)NCC1CN(c2ccc(OC(F)(F)F)cc2F)c2ccnn2C1. The van der Waals surface area contributed by atoms with Gasteiger partial charge in [-0.3, -0.25) is 4.79 Å². The number of alkyl halides is 3. The van der Waals surface area contributed by atoms with Gasteiger partial charge >= 0.3 is 6.36 Å². The van der Waals surface area contributed by atoms with Gasteiger partial charge in [0.2, 0.25) is 5.91 Å². The molecule has 0 fully saturated rings. The van der Waals surface area contributed by atoms with E-state index < -0.39 is 17.9 Å². The number of carbonyl (C=O) groups excluding carboxylic acids is 1. The van der Waals surface area contributed by atoms with Crippen LogP contribution < -0.4 is 15.0 Å². The van der Waals surface area contributed by atoms with Crippen LogP contribution in [0.4, 0.5) is 29.1 Å². The first kappa shape index (κ1) is 18.7. The Kier molecular flexibility index (Phi) is 5.06. The number of nitrogens with one attached hydrogen (secondary N) is 1. The topological polar surface area (TPSA) is 59.4 Å². The number of ether oxygens (including phenoxy) is 1. The van der Waals surface area contributed by atoms with E-state index in [2.05, 4.69) is 21.7 Å². The molecule has 0 aliphatic carbocycles. The van der Waals surface area contributed by atoms with E-state index in [0.717, 1.165) is 12.1 Å². The number of carbonyl (C=O) groups is 1. The number of nitrogens with zero attached hydrogens (tertiary/aromatic N) is 3. The number of amides is 1. The molecule has 1 aromatic heterocycles. The van der Waals surface area contributed by atoms with Crippen molar-refractivity contribution in [3.8, 4) is 5.75 Å². The Labute approximate surface area is 152 Å². The molecular formula is C17H16F4N4O2. The van der Waals surface area contributed by atoms with E-state index in [1.165, 1.54) is 6.07 Å². The number of hydrogen-bond acceptors (Lipinski definition) is 4. The van der Waals surface area contributed by atoms with Crippen LogP contribution >= 0.6 is 0 Å². The standard InChI is InChI=1S/C17H16F4N4O2/c1-2-15(26)22-8-11-9-24(16-5-6-23-25(16)10-11)14-4-3-12(7-13(14)18)27-17(19,20)21/h2-7,11H,1,8-10H2,(H,22,26). The normalized spacial score (nSPS) is 16.6. The number of hydrogen-bond donors (Lipinski definition) is 1. The van der Waals surface area contributed by atoms with Gasteiger partial charge in [0.05, 0.1) is 11.9 Å². The zero-order chi connectivity index (χ0) is 19.6. The molecule has 6 nitrogen and oxygen atoms in total. The van der Waals surface area contributed by atoms with Gasteiger partial charge in [0.15, 0.2) is 5.82 Å². The van der Waals surface area contributed by atoms with Crippen molar-refractivity contribution in [3.63, 3.8) is 0 Å². The molecule has 0 spiro atoms. The predicted molar refractivity (Wildman–Crippen MR) is 89.0 cm³/mol. The van der Waals surface area contributed by atoms with Crippen LogP contribution in [-0.2, 0) is 11.3 Å². The van der Waals surface area contributed by atoms with E-state index >= 15 is 0 Å². The number of anilines is 2. The highest BCUT2D eigenvalue weighted by molar-refractivity contribution is 5.86. The second-order valence-electron chi connectivity index (χ2n) is 5.96. The molecule has 2 heterocycles. The summed E-state index contributed by atoms with van der Waals surface area (Å²) in [6, 6.07) is 4.64. The Balaban J connectivity index is 1.84. The molecule has 0 saturated heterocycles. The van der Waals surface area contributed by atoms with Gasteiger partial charge in [0.25, 0.3) is 0 Å². The summed E-state index contributed by atoms with van der Waals surface area (Å²) in [6.07, 6.45) is -2.20. The van der Waals surface area contributed by atoms with Crippen molar-refractivity contribution in [1.82, 2.24) is 15.1 Å². The predicted octanol–water partition coefficient (Wildman–Crippen LogP) is 2.99. The van der Waals surface area contributed by atoms with Crippen molar-refractivity contribution in [2.24, 2.45) is 5.92 Å². The second kappa shape index (κ2) is 7.29. The lowest BCUT2D eigenvalue weighted by molar-refractivity contribution is -0.274. The number of fused-ring (bicyclic) bond motifs is 1. The summed E-state index contributed by atoms with van der Waals surface area (Å²) < 4.78 is 56.8. The summed E-state index contributed by atoms with van der Waals surface area (Å²) in [4.78, 5) is 13.0. The molecule has 1 N–H and O–H groups in total. The average Bonchev–Trinajstić information content (AvgIpc) is 3.06. The van der Waals surface area contributed by atoms with Crippen molar-refractivity contribution in [2.75, 3.05) is 18.0 Å². The van der Waals surface area contributed by atoms with Gasteiger partial charge in [0, 0.05) is 37.7 Å². The van der Waals surface area contributed by atoms with Crippen molar-refractivity contribution in [1.29, 1.82) is 0 Å². The molecule has 1 aliphatic rings. The maximum Gasteiger partial charge on any atom is 0.573 e. The molecular weight excluding hydrogens is 368 g/mol.